The summed E-state index contributed by atoms with van der Waals surface area (Å²) in [6, 6.07) is 127. The number of nitrogens with zero attached hydrogens (tertiary/aromatic N) is 1. The first kappa shape index (κ1) is 60.5. The Morgan fingerprint density at radius 2 is 0.692 bits per heavy atom. The first-order chi connectivity index (χ1) is 51.5. The van der Waals surface area contributed by atoms with Gasteiger partial charge in [0.25, 0.3) is 0 Å². The van der Waals surface area contributed by atoms with Crippen LogP contribution in [0, 0.1) is 13.8 Å². The molecule has 0 fully saturated rings. The Kier molecular flexibility index (Phi) is 14.1. The van der Waals surface area contributed by atoms with Crippen molar-refractivity contribution in [1.82, 2.24) is 0 Å². The van der Waals surface area contributed by atoms with E-state index in [1.807, 2.05) is 22.7 Å². The van der Waals surface area contributed by atoms with Gasteiger partial charge in [0, 0.05) is 64.3 Å². The molecule has 0 aliphatic heterocycles. The van der Waals surface area contributed by atoms with Crippen LogP contribution in [0.2, 0.25) is 0 Å². The molecule has 3 aliphatic rings. The molecule has 2 aromatic heterocycles. The van der Waals surface area contributed by atoms with Gasteiger partial charge in [-0.15, -0.1) is 22.7 Å². The summed E-state index contributed by atoms with van der Waals surface area (Å²) in [5.74, 6) is 0. The summed E-state index contributed by atoms with van der Waals surface area (Å²) in [7, 11) is 0. The molecule has 2 heterocycles. The molecule has 0 spiro atoms. The summed E-state index contributed by atoms with van der Waals surface area (Å²) < 4.78 is 5.10. The molecule has 1 nitrogen and oxygen atoms in total. The molecule has 0 saturated heterocycles. The average molecular weight is 1360 g/mol. The fourth-order valence-corrected chi connectivity index (χ4v) is 20.5. The SMILES string of the molecule is Cc1cc2c(c(N(c3c4c(c(-c5c6c(cc(-c7ccccc7)c5-c5ccccc5)-c5ccccc5C6)c(-c5ccccc5)c3-c3ccccc3)-c3c(ccc(-c5ccccc5-c5ccccc5)c3-c3cccc5sc6ccccc6c35)C4)c3cccc4sc5ccccc5c34)c1C)Cc1ccccc1-2. The van der Waals surface area contributed by atoms with Crippen molar-refractivity contribution in [2.75, 3.05) is 4.90 Å². The molecule has 0 radical (unpaired) electrons. The maximum Gasteiger partial charge on any atom is 0.0588 e. The van der Waals surface area contributed by atoms with Gasteiger partial charge in [0.1, 0.15) is 0 Å². The molecule has 0 N–H and O–H groups in total. The molecule has 3 heteroatoms. The second-order valence-electron chi connectivity index (χ2n) is 28.3. The predicted molar refractivity (Wildman–Crippen MR) is 445 cm³/mol. The van der Waals surface area contributed by atoms with Gasteiger partial charge in [-0.3, -0.25) is 0 Å². The largest absolute Gasteiger partial charge is 0.308 e. The maximum absolute atomic E-state index is 2.86. The topological polar surface area (TPSA) is 3.24 Å². The Labute approximate surface area is 614 Å². The highest BCUT2D eigenvalue weighted by atomic mass is 32.1. The lowest BCUT2D eigenvalue weighted by Crippen LogP contribution is -2.18. The lowest BCUT2D eigenvalue weighted by molar-refractivity contribution is 1.15. The maximum atomic E-state index is 2.86. The summed E-state index contributed by atoms with van der Waals surface area (Å²) in [5.41, 5.74) is 41.3. The summed E-state index contributed by atoms with van der Waals surface area (Å²) in [6.07, 6.45) is 2.22. The van der Waals surface area contributed by atoms with Gasteiger partial charge < -0.3 is 4.90 Å². The van der Waals surface area contributed by atoms with Crippen LogP contribution in [-0.4, -0.2) is 0 Å². The van der Waals surface area contributed by atoms with E-state index in [2.05, 4.69) is 352 Å². The number of aryl methyl sites for hydroxylation is 1. The number of rotatable bonds is 11. The van der Waals surface area contributed by atoms with Crippen molar-refractivity contribution < 1.29 is 0 Å². The fourth-order valence-electron chi connectivity index (χ4n) is 18.3. The van der Waals surface area contributed by atoms with Gasteiger partial charge in [0.05, 0.1) is 17.1 Å². The number of anilines is 3. The van der Waals surface area contributed by atoms with Gasteiger partial charge in [-0.05, 0) is 212 Å². The molecule has 3 aliphatic carbocycles. The molecule has 0 saturated carbocycles. The van der Waals surface area contributed by atoms with E-state index in [-0.39, 0.29) is 0 Å². The van der Waals surface area contributed by atoms with Crippen LogP contribution >= 0.6 is 22.7 Å². The van der Waals surface area contributed by atoms with Gasteiger partial charge in [-0.25, -0.2) is 0 Å². The van der Waals surface area contributed by atoms with Gasteiger partial charge in [-0.1, -0.05) is 297 Å². The molecule has 0 bridgehead atoms. The second kappa shape index (κ2) is 24.2. The van der Waals surface area contributed by atoms with Crippen molar-refractivity contribution in [3.63, 3.8) is 0 Å². The van der Waals surface area contributed by atoms with E-state index in [4.69, 9.17) is 0 Å². The highest BCUT2D eigenvalue weighted by Gasteiger charge is 2.42. The van der Waals surface area contributed by atoms with E-state index in [1.54, 1.807) is 0 Å². The third-order valence-electron chi connectivity index (χ3n) is 22.8. The zero-order chi connectivity index (χ0) is 68.7. The van der Waals surface area contributed by atoms with E-state index in [0.29, 0.717) is 6.42 Å². The molecule has 0 amide bonds. The third-order valence-corrected chi connectivity index (χ3v) is 25.0. The zero-order valence-electron chi connectivity index (χ0n) is 57.6. The van der Waals surface area contributed by atoms with Crippen molar-refractivity contribution >= 4 is 80.1 Å². The van der Waals surface area contributed by atoms with Crippen molar-refractivity contribution in [2.24, 2.45) is 0 Å². The van der Waals surface area contributed by atoms with Gasteiger partial charge >= 0.3 is 0 Å². The Morgan fingerprint density at radius 3 is 1.33 bits per heavy atom. The smallest absolute Gasteiger partial charge is 0.0588 e. The summed E-state index contributed by atoms with van der Waals surface area (Å²) in [5, 5.41) is 5.09. The Bertz CT molecular complexity index is 6560. The number of thiophene rings is 2. The lowest BCUT2D eigenvalue weighted by atomic mass is 9.74. The minimum atomic E-state index is 0.654. The molecule has 0 unspecified atom stereocenters. The van der Waals surface area contributed by atoms with E-state index >= 15 is 0 Å². The third kappa shape index (κ3) is 9.30. The van der Waals surface area contributed by atoms with E-state index in [0.717, 1.165) is 24.0 Å². The molecule has 18 aromatic rings. The predicted octanol–water partition coefficient (Wildman–Crippen LogP) is 28.6. The Balaban J connectivity index is 1.05. The minimum absolute atomic E-state index is 0.654. The highest BCUT2D eigenvalue weighted by molar-refractivity contribution is 7.26. The number of benzene rings is 16. The zero-order valence-corrected chi connectivity index (χ0v) is 59.3. The van der Waals surface area contributed by atoms with Crippen LogP contribution in [-0.2, 0) is 19.3 Å². The van der Waals surface area contributed by atoms with Gasteiger partial charge in [0.2, 0.25) is 0 Å². The van der Waals surface area contributed by atoms with E-state index < -0.39 is 0 Å². The first-order valence-electron chi connectivity index (χ1n) is 36.4. The Morgan fingerprint density at radius 1 is 0.240 bits per heavy atom. The van der Waals surface area contributed by atoms with Crippen LogP contribution < -0.4 is 4.90 Å². The minimum Gasteiger partial charge on any atom is -0.308 e. The van der Waals surface area contributed by atoms with Gasteiger partial charge in [0.15, 0.2) is 0 Å². The summed E-state index contributed by atoms with van der Waals surface area (Å²) in [6.45, 7) is 4.77. The number of hydrogen-bond donors (Lipinski definition) is 0. The van der Waals surface area contributed by atoms with Crippen LogP contribution in [0.4, 0.5) is 17.1 Å². The number of fused-ring (bicyclic) bond motifs is 15. The van der Waals surface area contributed by atoms with Crippen LogP contribution in [0.25, 0.3) is 163 Å². The van der Waals surface area contributed by atoms with Crippen molar-refractivity contribution in [1.29, 1.82) is 0 Å². The summed E-state index contributed by atoms with van der Waals surface area (Å²) >= 11 is 3.80. The quantitative estimate of drug-likeness (QED) is 0.125. The van der Waals surface area contributed by atoms with Crippen LogP contribution in [0.5, 0.6) is 0 Å². The van der Waals surface area contributed by atoms with Crippen molar-refractivity contribution in [2.45, 2.75) is 33.1 Å². The Hall–Kier alpha value is -12.2. The first-order valence-corrected chi connectivity index (χ1v) is 38.0. The van der Waals surface area contributed by atoms with E-state index in [1.165, 1.54) is 213 Å². The fraction of sp³-hybridized carbons (Fsp3) is 0.0495. The lowest BCUT2D eigenvalue weighted by Gasteiger charge is -2.37. The monoisotopic (exact) mass is 1360 g/mol. The molecule has 488 valence electrons. The molecule has 16 aromatic carbocycles. The molecule has 0 atom stereocenters. The van der Waals surface area contributed by atoms with Crippen LogP contribution in [0.1, 0.15) is 44.5 Å². The van der Waals surface area contributed by atoms with Crippen LogP contribution in [0.3, 0.4) is 0 Å². The summed E-state index contributed by atoms with van der Waals surface area (Å²) in [4.78, 5) is 2.86. The average Bonchev–Trinajstić information content (AvgIpc) is 1.42. The molecular weight excluding hydrogens is 1290 g/mol. The van der Waals surface area contributed by atoms with Crippen molar-refractivity contribution in [3.05, 3.63) is 378 Å². The van der Waals surface area contributed by atoms with Gasteiger partial charge in [-0.2, -0.15) is 0 Å². The second-order valence-corrected chi connectivity index (χ2v) is 30.5. The van der Waals surface area contributed by atoms with Crippen LogP contribution in [0.15, 0.2) is 334 Å². The number of hydrogen-bond acceptors (Lipinski definition) is 3. The standard InChI is InChI=1S/C101H67NS2/c1-61-56-80-72-43-20-19-41-69(72)58-83(80)100(62(61)2)102(85-49-29-53-89-96(85)77-47-25-27-51-87(77)104-89)101-84-59-70-54-55-75(74-45-23-22-42-71(74)63-30-8-3-9-31-63)95(78-48-28-52-88-94(78)76-46-24-26-50-86(76)103-88)92(70)98(84)99(91(66-36-14-6-15-37-66)93(101)67-38-16-7-17-39-67)97-82-57-68-40-18-21-44-73(68)81(82)60-79(64-32-10-4-11-33-64)90(97)65-34-12-5-13-35-65/h3-56,60H,57-59H2,1-2H3. The normalized spacial score (nSPS) is 12.4. The highest BCUT2D eigenvalue weighted by Crippen LogP contribution is 2.66. The molecule has 104 heavy (non-hydrogen) atoms. The molecule has 21 rings (SSSR count). The van der Waals surface area contributed by atoms with Crippen molar-refractivity contribution in [3.8, 4) is 122 Å². The molecular formula is C101H67NS2. The van der Waals surface area contributed by atoms with E-state index in [9.17, 15) is 0 Å².